The monoisotopic (exact) mass is 218 g/mol. The van der Waals surface area contributed by atoms with E-state index in [9.17, 15) is 14.7 Å². The van der Waals surface area contributed by atoms with Gasteiger partial charge in [0, 0.05) is 10.9 Å². The highest BCUT2D eigenvalue weighted by atomic mass is 16.4. The quantitative estimate of drug-likeness (QED) is 0.587. The van der Waals surface area contributed by atoms with Gasteiger partial charge in [0.1, 0.15) is 11.3 Å². The van der Waals surface area contributed by atoms with Crippen molar-refractivity contribution in [2.75, 3.05) is 0 Å². The van der Waals surface area contributed by atoms with Gasteiger partial charge in [-0.1, -0.05) is 0 Å². The molecule has 0 saturated carbocycles. The van der Waals surface area contributed by atoms with E-state index < -0.39 is 5.63 Å². The Labute approximate surface area is 91.1 Å². The first-order valence-corrected chi connectivity index (χ1v) is 4.78. The molecule has 2 rings (SSSR count). The number of aryl methyl sites for hydroxylation is 1. The van der Waals surface area contributed by atoms with Crippen molar-refractivity contribution >= 4 is 16.8 Å². The number of benzene rings is 1. The summed E-state index contributed by atoms with van der Waals surface area (Å²) in [7, 11) is 0. The van der Waals surface area contributed by atoms with Crippen LogP contribution in [0.3, 0.4) is 0 Å². The minimum atomic E-state index is -0.499. The SMILES string of the molecule is CC(=O)c1c(O)ccc2cc(C)c(=O)oc12. The van der Waals surface area contributed by atoms with Gasteiger partial charge in [-0.2, -0.15) is 0 Å². The lowest BCUT2D eigenvalue weighted by Crippen LogP contribution is -2.04. The van der Waals surface area contributed by atoms with Crippen molar-refractivity contribution in [3.8, 4) is 5.75 Å². The van der Waals surface area contributed by atoms with Crippen LogP contribution in [0.15, 0.2) is 27.4 Å². The lowest BCUT2D eigenvalue weighted by Gasteiger charge is -2.04. The maximum absolute atomic E-state index is 11.4. The first kappa shape index (κ1) is 10.4. The van der Waals surface area contributed by atoms with Crippen LogP contribution in [-0.2, 0) is 0 Å². The summed E-state index contributed by atoms with van der Waals surface area (Å²) in [6.07, 6.45) is 0. The molecule has 82 valence electrons. The number of hydrogen-bond donors (Lipinski definition) is 1. The Morgan fingerprint density at radius 1 is 1.38 bits per heavy atom. The average Bonchev–Trinajstić information content (AvgIpc) is 2.20. The molecule has 0 aliphatic carbocycles. The van der Waals surface area contributed by atoms with Gasteiger partial charge < -0.3 is 9.52 Å². The maximum atomic E-state index is 11.4. The Kier molecular flexibility index (Phi) is 2.27. The summed E-state index contributed by atoms with van der Waals surface area (Å²) < 4.78 is 5.03. The van der Waals surface area contributed by atoms with Gasteiger partial charge in [0.15, 0.2) is 11.4 Å². The van der Waals surface area contributed by atoms with Crippen LogP contribution in [0.2, 0.25) is 0 Å². The van der Waals surface area contributed by atoms with Gasteiger partial charge in [0.25, 0.3) is 0 Å². The predicted octanol–water partition coefficient (Wildman–Crippen LogP) is 2.01. The molecule has 2 aromatic rings. The Hall–Kier alpha value is -2.10. The second-order valence-electron chi connectivity index (χ2n) is 3.65. The van der Waals surface area contributed by atoms with Crippen molar-refractivity contribution in [3.05, 3.63) is 39.7 Å². The molecular weight excluding hydrogens is 208 g/mol. The van der Waals surface area contributed by atoms with Crippen molar-refractivity contribution in [2.24, 2.45) is 0 Å². The molecule has 1 N–H and O–H groups in total. The number of fused-ring (bicyclic) bond motifs is 1. The van der Waals surface area contributed by atoms with Crippen LogP contribution < -0.4 is 5.63 Å². The third-order valence-corrected chi connectivity index (χ3v) is 2.41. The topological polar surface area (TPSA) is 67.5 Å². The zero-order valence-electron chi connectivity index (χ0n) is 8.90. The largest absolute Gasteiger partial charge is 0.507 e. The van der Waals surface area contributed by atoms with E-state index in [1.165, 1.54) is 13.0 Å². The third kappa shape index (κ3) is 1.48. The summed E-state index contributed by atoms with van der Waals surface area (Å²) in [5, 5.41) is 10.2. The molecule has 0 aliphatic rings. The van der Waals surface area contributed by atoms with E-state index in [1.807, 2.05) is 0 Å². The van der Waals surface area contributed by atoms with Crippen molar-refractivity contribution in [3.63, 3.8) is 0 Å². The van der Waals surface area contributed by atoms with E-state index in [2.05, 4.69) is 0 Å². The number of phenolic OH excluding ortho intramolecular Hbond substituents is 1. The van der Waals surface area contributed by atoms with Gasteiger partial charge in [-0.05, 0) is 32.0 Å². The number of Topliss-reactive ketones (excluding diaryl/α,β-unsaturated/α-hetero) is 1. The standard InChI is InChI=1S/C12H10O4/c1-6-5-8-3-4-9(14)10(7(2)13)11(8)16-12(6)15/h3-5,14H,1-2H3. The normalized spacial score (nSPS) is 10.6. The minimum absolute atomic E-state index is 0.0506. The number of hydrogen-bond acceptors (Lipinski definition) is 4. The van der Waals surface area contributed by atoms with Crippen LogP contribution in [0, 0.1) is 6.92 Å². The Morgan fingerprint density at radius 3 is 2.69 bits per heavy atom. The molecule has 1 heterocycles. The van der Waals surface area contributed by atoms with Gasteiger partial charge in [0.05, 0.1) is 0 Å². The molecule has 0 aliphatic heterocycles. The molecule has 0 fully saturated rings. The first-order chi connectivity index (χ1) is 7.50. The molecule has 0 atom stereocenters. The highest BCUT2D eigenvalue weighted by Crippen LogP contribution is 2.26. The van der Waals surface area contributed by atoms with Crippen molar-refractivity contribution in [1.29, 1.82) is 0 Å². The zero-order chi connectivity index (χ0) is 11.9. The third-order valence-electron chi connectivity index (χ3n) is 2.41. The van der Waals surface area contributed by atoms with Crippen molar-refractivity contribution in [2.45, 2.75) is 13.8 Å². The summed E-state index contributed by atoms with van der Waals surface area (Å²) in [6, 6.07) is 4.65. The average molecular weight is 218 g/mol. The maximum Gasteiger partial charge on any atom is 0.339 e. The summed E-state index contributed by atoms with van der Waals surface area (Å²) in [4.78, 5) is 22.7. The Bertz CT molecular complexity index is 637. The lowest BCUT2D eigenvalue weighted by atomic mass is 10.1. The fourth-order valence-electron chi connectivity index (χ4n) is 1.62. The Balaban J connectivity index is 2.98. The molecule has 1 aromatic heterocycles. The van der Waals surface area contributed by atoms with Crippen LogP contribution in [-0.4, -0.2) is 10.9 Å². The molecule has 16 heavy (non-hydrogen) atoms. The number of carbonyl (C=O) groups excluding carboxylic acids is 1. The second-order valence-corrected chi connectivity index (χ2v) is 3.65. The summed E-state index contributed by atoms with van der Waals surface area (Å²) in [6.45, 7) is 2.94. The molecule has 4 nitrogen and oxygen atoms in total. The fraction of sp³-hybridized carbons (Fsp3) is 0.167. The van der Waals surface area contributed by atoms with Gasteiger partial charge in [-0.3, -0.25) is 4.79 Å². The molecule has 0 amide bonds. The number of rotatable bonds is 1. The van der Waals surface area contributed by atoms with Gasteiger partial charge in [-0.25, -0.2) is 4.79 Å². The molecule has 0 radical (unpaired) electrons. The molecule has 0 bridgehead atoms. The van der Waals surface area contributed by atoms with E-state index >= 15 is 0 Å². The van der Waals surface area contributed by atoms with Crippen LogP contribution in [0.4, 0.5) is 0 Å². The number of carbonyl (C=O) groups is 1. The molecule has 4 heteroatoms. The number of aromatic hydroxyl groups is 1. The van der Waals surface area contributed by atoms with Crippen molar-refractivity contribution in [1.82, 2.24) is 0 Å². The van der Waals surface area contributed by atoms with Gasteiger partial charge in [0.2, 0.25) is 0 Å². The van der Waals surface area contributed by atoms with E-state index in [1.54, 1.807) is 19.1 Å². The second kappa shape index (κ2) is 3.48. The van der Waals surface area contributed by atoms with E-state index in [-0.39, 0.29) is 22.7 Å². The van der Waals surface area contributed by atoms with Crippen LogP contribution in [0.25, 0.3) is 11.0 Å². The first-order valence-electron chi connectivity index (χ1n) is 4.78. The molecule has 1 aromatic carbocycles. The Morgan fingerprint density at radius 2 is 2.06 bits per heavy atom. The molecule has 0 saturated heterocycles. The molecule has 0 spiro atoms. The van der Waals surface area contributed by atoms with Crippen LogP contribution in [0.5, 0.6) is 5.75 Å². The van der Waals surface area contributed by atoms with Crippen LogP contribution in [0.1, 0.15) is 22.8 Å². The summed E-state index contributed by atoms with van der Waals surface area (Å²) in [5.74, 6) is -0.512. The predicted molar refractivity (Wildman–Crippen MR) is 58.9 cm³/mol. The number of phenols is 1. The molecule has 0 unspecified atom stereocenters. The van der Waals surface area contributed by atoms with E-state index in [0.717, 1.165) is 0 Å². The van der Waals surface area contributed by atoms with Gasteiger partial charge in [-0.15, -0.1) is 0 Å². The smallest absolute Gasteiger partial charge is 0.339 e. The lowest BCUT2D eigenvalue weighted by molar-refractivity contribution is 0.101. The zero-order valence-corrected chi connectivity index (χ0v) is 8.90. The summed E-state index contributed by atoms with van der Waals surface area (Å²) >= 11 is 0. The number of ketones is 1. The van der Waals surface area contributed by atoms with Gasteiger partial charge >= 0.3 is 5.63 Å². The highest BCUT2D eigenvalue weighted by molar-refractivity contribution is 6.07. The van der Waals surface area contributed by atoms with E-state index in [4.69, 9.17) is 4.42 Å². The summed E-state index contributed by atoms with van der Waals surface area (Å²) in [5.41, 5.74) is 0.158. The van der Waals surface area contributed by atoms with E-state index in [0.29, 0.717) is 10.9 Å². The highest BCUT2D eigenvalue weighted by Gasteiger charge is 2.14. The van der Waals surface area contributed by atoms with Crippen LogP contribution >= 0.6 is 0 Å². The fourth-order valence-corrected chi connectivity index (χ4v) is 1.62. The minimum Gasteiger partial charge on any atom is -0.507 e. The van der Waals surface area contributed by atoms with Crippen molar-refractivity contribution < 1.29 is 14.3 Å². The molecular formula is C12H10O4.